The van der Waals surface area contributed by atoms with Gasteiger partial charge in [0.15, 0.2) is 0 Å². The number of nitrogens with zero attached hydrogens (tertiary/aromatic N) is 4. The number of halogens is 1. The van der Waals surface area contributed by atoms with Crippen LogP contribution in [0.4, 0.5) is 11.5 Å². The van der Waals surface area contributed by atoms with Crippen LogP contribution >= 0.6 is 27.3 Å². The van der Waals surface area contributed by atoms with Crippen LogP contribution in [-0.4, -0.2) is 40.8 Å². The zero-order chi connectivity index (χ0) is 16.7. The van der Waals surface area contributed by atoms with E-state index in [0.717, 1.165) is 36.2 Å². The molecule has 7 nitrogen and oxygen atoms in total. The largest absolute Gasteiger partial charge is 0.399 e. The Hall–Kier alpha value is -1.97. The fourth-order valence-corrected chi connectivity index (χ4v) is 4.11. The van der Waals surface area contributed by atoms with Crippen molar-refractivity contribution in [1.29, 1.82) is 0 Å². The summed E-state index contributed by atoms with van der Waals surface area (Å²) in [6.45, 7) is 3.48. The summed E-state index contributed by atoms with van der Waals surface area (Å²) in [5, 5.41) is 8.41. The summed E-state index contributed by atoms with van der Waals surface area (Å²) in [5.41, 5.74) is 7.23. The van der Waals surface area contributed by atoms with E-state index in [2.05, 4.69) is 36.2 Å². The summed E-state index contributed by atoms with van der Waals surface area (Å²) in [5.74, 6) is 0.713. The highest BCUT2D eigenvalue weighted by atomic mass is 79.9. The molecular formula is C15H15BrN6OS. The van der Waals surface area contributed by atoms with Crippen molar-refractivity contribution in [3.8, 4) is 10.6 Å². The van der Waals surface area contributed by atoms with Crippen molar-refractivity contribution in [3.63, 3.8) is 0 Å². The lowest BCUT2D eigenvalue weighted by Crippen LogP contribution is -2.44. The van der Waals surface area contributed by atoms with Crippen molar-refractivity contribution in [3.05, 3.63) is 39.1 Å². The molecule has 0 radical (unpaired) electrons. The molecule has 0 saturated carbocycles. The van der Waals surface area contributed by atoms with Crippen LogP contribution in [-0.2, 0) is 0 Å². The fourth-order valence-electron chi connectivity index (χ4n) is 2.71. The lowest BCUT2D eigenvalue weighted by Gasteiger charge is -2.27. The van der Waals surface area contributed by atoms with Gasteiger partial charge in [0.2, 0.25) is 4.96 Å². The lowest BCUT2D eigenvalue weighted by molar-refractivity contribution is 0.584. The molecule has 0 amide bonds. The van der Waals surface area contributed by atoms with Crippen LogP contribution < -0.4 is 21.5 Å². The van der Waals surface area contributed by atoms with Gasteiger partial charge in [0, 0.05) is 48.0 Å². The number of fused-ring (bicyclic) bond motifs is 1. The SMILES string of the molecule is Nc1cc(Br)cc(-c2nn3c(=O)cc(N4CCNCC4)nc3s2)c1. The predicted octanol–water partition coefficient (Wildman–Crippen LogP) is 1.57. The molecule has 1 saturated heterocycles. The van der Waals surface area contributed by atoms with Gasteiger partial charge in [-0.1, -0.05) is 27.3 Å². The number of aromatic nitrogens is 3. The highest BCUT2D eigenvalue weighted by Crippen LogP contribution is 2.29. The number of piperazine rings is 1. The number of rotatable bonds is 2. The molecule has 1 aliphatic rings. The first-order valence-corrected chi connectivity index (χ1v) is 9.14. The summed E-state index contributed by atoms with van der Waals surface area (Å²) in [7, 11) is 0. The molecule has 1 aliphatic heterocycles. The zero-order valence-electron chi connectivity index (χ0n) is 12.7. The normalized spacial score (nSPS) is 15.1. The maximum Gasteiger partial charge on any atom is 0.277 e. The smallest absolute Gasteiger partial charge is 0.277 e. The topological polar surface area (TPSA) is 88.5 Å². The van der Waals surface area contributed by atoms with Crippen LogP contribution in [0, 0.1) is 0 Å². The van der Waals surface area contributed by atoms with Gasteiger partial charge in [0.05, 0.1) is 0 Å². The molecule has 1 aromatic carbocycles. The summed E-state index contributed by atoms with van der Waals surface area (Å²) in [6.07, 6.45) is 0. The first-order chi connectivity index (χ1) is 11.6. The third kappa shape index (κ3) is 2.90. The van der Waals surface area contributed by atoms with Gasteiger partial charge >= 0.3 is 0 Å². The van der Waals surface area contributed by atoms with Crippen molar-refractivity contribution in [2.45, 2.75) is 0 Å². The molecule has 9 heteroatoms. The molecule has 4 rings (SSSR count). The molecule has 0 bridgehead atoms. The third-order valence-corrected chi connectivity index (χ3v) is 5.25. The number of nitrogens with two attached hydrogens (primary N) is 1. The number of nitrogens with one attached hydrogen (secondary N) is 1. The van der Waals surface area contributed by atoms with Gasteiger partial charge in [-0.05, 0) is 18.2 Å². The number of hydrogen-bond acceptors (Lipinski definition) is 7. The van der Waals surface area contributed by atoms with E-state index in [1.165, 1.54) is 15.9 Å². The average molecular weight is 407 g/mol. The van der Waals surface area contributed by atoms with Crippen molar-refractivity contribution in [2.75, 3.05) is 36.8 Å². The van der Waals surface area contributed by atoms with E-state index in [0.29, 0.717) is 21.5 Å². The van der Waals surface area contributed by atoms with Crippen LogP contribution in [0.25, 0.3) is 15.5 Å². The highest BCUT2D eigenvalue weighted by molar-refractivity contribution is 9.10. The molecule has 0 spiro atoms. The van der Waals surface area contributed by atoms with Crippen LogP contribution in [0.5, 0.6) is 0 Å². The second-order valence-corrected chi connectivity index (χ2v) is 7.44. The Morgan fingerprint density at radius 2 is 2.00 bits per heavy atom. The van der Waals surface area contributed by atoms with Gasteiger partial charge in [0.1, 0.15) is 10.8 Å². The predicted molar refractivity (Wildman–Crippen MR) is 99.8 cm³/mol. The lowest BCUT2D eigenvalue weighted by atomic mass is 10.2. The molecule has 1 fully saturated rings. The van der Waals surface area contributed by atoms with E-state index < -0.39 is 0 Å². The van der Waals surface area contributed by atoms with Gasteiger partial charge in [-0.15, -0.1) is 0 Å². The molecule has 2 aromatic heterocycles. The van der Waals surface area contributed by atoms with Gasteiger partial charge in [0.25, 0.3) is 5.56 Å². The quantitative estimate of drug-likeness (QED) is 0.627. The van der Waals surface area contributed by atoms with E-state index in [4.69, 9.17) is 5.73 Å². The maximum atomic E-state index is 12.4. The Morgan fingerprint density at radius 3 is 2.75 bits per heavy atom. The average Bonchev–Trinajstić information content (AvgIpc) is 2.99. The minimum Gasteiger partial charge on any atom is -0.399 e. The second-order valence-electron chi connectivity index (χ2n) is 5.56. The number of hydrogen-bond donors (Lipinski definition) is 2. The Morgan fingerprint density at radius 1 is 1.21 bits per heavy atom. The Bertz CT molecular complexity index is 942. The van der Waals surface area contributed by atoms with Crippen molar-refractivity contribution >= 4 is 43.7 Å². The van der Waals surface area contributed by atoms with Crippen LogP contribution in [0.1, 0.15) is 0 Å². The standard InChI is InChI=1S/C15H15BrN6OS/c16-10-5-9(6-11(17)7-10)14-20-22-13(23)8-12(19-15(22)24-14)21-3-1-18-2-4-21/h5-8,18H,1-4,17H2. The molecule has 0 aliphatic carbocycles. The summed E-state index contributed by atoms with van der Waals surface area (Å²) in [6, 6.07) is 7.14. The van der Waals surface area contributed by atoms with E-state index in [-0.39, 0.29) is 5.56 Å². The molecule has 0 atom stereocenters. The maximum absolute atomic E-state index is 12.4. The fraction of sp³-hybridized carbons (Fsp3) is 0.267. The summed E-state index contributed by atoms with van der Waals surface area (Å²) in [4.78, 5) is 19.7. The van der Waals surface area contributed by atoms with E-state index in [1.807, 2.05) is 18.2 Å². The number of nitrogen functional groups attached to an aromatic ring is 1. The van der Waals surface area contributed by atoms with E-state index in [9.17, 15) is 4.79 Å². The van der Waals surface area contributed by atoms with Gasteiger partial charge in [-0.2, -0.15) is 9.61 Å². The molecular weight excluding hydrogens is 392 g/mol. The highest BCUT2D eigenvalue weighted by Gasteiger charge is 2.16. The summed E-state index contributed by atoms with van der Waals surface area (Å²) >= 11 is 4.81. The first kappa shape index (κ1) is 15.6. The molecule has 3 aromatic rings. The first-order valence-electron chi connectivity index (χ1n) is 7.53. The van der Waals surface area contributed by atoms with Gasteiger partial charge in [-0.25, -0.2) is 4.98 Å². The van der Waals surface area contributed by atoms with Crippen LogP contribution in [0.3, 0.4) is 0 Å². The minimum absolute atomic E-state index is 0.168. The second kappa shape index (κ2) is 6.15. The Kier molecular flexibility index (Phi) is 3.99. The van der Waals surface area contributed by atoms with Crippen molar-refractivity contribution in [2.24, 2.45) is 0 Å². The molecule has 0 unspecified atom stereocenters. The minimum atomic E-state index is -0.168. The molecule has 124 valence electrons. The number of anilines is 2. The Labute approximate surface area is 150 Å². The van der Waals surface area contributed by atoms with Crippen molar-refractivity contribution < 1.29 is 0 Å². The third-order valence-electron chi connectivity index (χ3n) is 3.84. The van der Waals surface area contributed by atoms with Gasteiger partial charge in [-0.3, -0.25) is 4.79 Å². The van der Waals surface area contributed by atoms with Crippen LogP contribution in [0.2, 0.25) is 0 Å². The van der Waals surface area contributed by atoms with E-state index in [1.54, 1.807) is 6.07 Å². The van der Waals surface area contributed by atoms with E-state index >= 15 is 0 Å². The zero-order valence-corrected chi connectivity index (χ0v) is 15.1. The van der Waals surface area contributed by atoms with Crippen molar-refractivity contribution in [1.82, 2.24) is 19.9 Å². The molecule has 24 heavy (non-hydrogen) atoms. The van der Waals surface area contributed by atoms with Crippen LogP contribution in [0.15, 0.2) is 33.5 Å². The monoisotopic (exact) mass is 406 g/mol. The number of benzene rings is 1. The Balaban J connectivity index is 1.80. The van der Waals surface area contributed by atoms with Gasteiger partial charge < -0.3 is 16.0 Å². The molecule has 3 heterocycles. The summed E-state index contributed by atoms with van der Waals surface area (Å²) < 4.78 is 2.22. The molecule has 3 N–H and O–H groups in total.